The predicted molar refractivity (Wildman–Crippen MR) is 68.9 cm³/mol. The van der Waals surface area contributed by atoms with Crippen molar-refractivity contribution in [3.05, 3.63) is 45.6 Å². The first kappa shape index (κ1) is 12.6. The van der Waals surface area contributed by atoms with Gasteiger partial charge in [0.1, 0.15) is 5.15 Å². The van der Waals surface area contributed by atoms with Crippen LogP contribution in [0.15, 0.2) is 30.4 Å². The van der Waals surface area contributed by atoms with Gasteiger partial charge in [-0.25, -0.2) is 4.98 Å². The van der Waals surface area contributed by atoms with Crippen molar-refractivity contribution in [3.63, 3.8) is 0 Å². The van der Waals surface area contributed by atoms with Crippen LogP contribution >= 0.6 is 11.6 Å². The second kappa shape index (κ2) is 4.81. The third kappa shape index (κ3) is 2.38. The van der Waals surface area contributed by atoms with Crippen LogP contribution < -0.4 is 10.2 Å². The van der Waals surface area contributed by atoms with E-state index in [-0.39, 0.29) is 12.1 Å². The van der Waals surface area contributed by atoms with E-state index in [9.17, 15) is 10.1 Å². The van der Waals surface area contributed by atoms with Crippen molar-refractivity contribution in [2.75, 3.05) is 4.90 Å². The zero-order valence-electron chi connectivity index (χ0n) is 10.0. The van der Waals surface area contributed by atoms with E-state index in [0.29, 0.717) is 11.0 Å². The number of hydrogen-bond acceptors (Lipinski definition) is 5. The van der Waals surface area contributed by atoms with Crippen LogP contribution in [0.3, 0.4) is 0 Å². The molecule has 96 valence electrons. The lowest BCUT2D eigenvalue weighted by Crippen LogP contribution is -2.31. The Morgan fingerprint density at radius 1 is 1.56 bits per heavy atom. The quantitative estimate of drug-likeness (QED) is 0.505. The van der Waals surface area contributed by atoms with Gasteiger partial charge in [-0.1, -0.05) is 11.6 Å². The fourth-order valence-electron chi connectivity index (χ4n) is 1.95. The number of pyridine rings is 1. The first-order chi connectivity index (χ1) is 8.49. The van der Waals surface area contributed by atoms with Crippen molar-refractivity contribution in [2.24, 2.45) is 0 Å². The molecular weight excluding hydrogens is 256 g/mol. The summed E-state index contributed by atoms with van der Waals surface area (Å²) in [5.41, 5.74) is 0.775. The molecule has 1 aliphatic heterocycles. The molecule has 0 radical (unpaired) electrons. The van der Waals surface area contributed by atoms with E-state index in [4.69, 9.17) is 11.6 Å². The standard InChI is InChI=1S/C11H13ClN4O2/c1-7-8(2)16(11(14-7)6-15(17)18)9-3-4-10(12)13-5-9/h3-8,14H,1-2H3/b11-6+/t7-,8-/m1/s1. The molecule has 1 saturated heterocycles. The van der Waals surface area contributed by atoms with Gasteiger partial charge in [0.25, 0.3) is 6.20 Å². The normalized spacial score (nSPS) is 25.3. The Labute approximate surface area is 109 Å². The number of halogens is 1. The van der Waals surface area contributed by atoms with E-state index in [0.717, 1.165) is 11.9 Å². The third-order valence-electron chi connectivity index (χ3n) is 2.98. The van der Waals surface area contributed by atoms with Crippen molar-refractivity contribution < 1.29 is 4.92 Å². The Morgan fingerprint density at radius 3 is 2.83 bits per heavy atom. The van der Waals surface area contributed by atoms with Crippen LogP contribution in [-0.2, 0) is 0 Å². The van der Waals surface area contributed by atoms with Gasteiger partial charge in [-0.05, 0) is 26.0 Å². The number of hydrogen-bond donors (Lipinski definition) is 1. The van der Waals surface area contributed by atoms with Gasteiger partial charge in [-0.3, -0.25) is 10.1 Å². The number of rotatable bonds is 2. The molecule has 1 fully saturated rings. The zero-order valence-corrected chi connectivity index (χ0v) is 10.8. The van der Waals surface area contributed by atoms with Gasteiger partial charge < -0.3 is 10.2 Å². The van der Waals surface area contributed by atoms with Gasteiger partial charge in [-0.2, -0.15) is 0 Å². The van der Waals surface area contributed by atoms with Crippen molar-refractivity contribution in [2.45, 2.75) is 25.9 Å². The zero-order chi connectivity index (χ0) is 13.3. The number of nitrogens with zero attached hydrogens (tertiary/aromatic N) is 3. The molecule has 1 N–H and O–H groups in total. The first-order valence-electron chi connectivity index (χ1n) is 5.51. The van der Waals surface area contributed by atoms with Crippen LogP contribution in [0, 0.1) is 10.1 Å². The summed E-state index contributed by atoms with van der Waals surface area (Å²) in [7, 11) is 0. The Kier molecular flexibility index (Phi) is 3.38. The van der Waals surface area contributed by atoms with E-state index in [1.807, 2.05) is 18.7 Å². The van der Waals surface area contributed by atoms with Crippen LogP contribution in [0.5, 0.6) is 0 Å². The molecule has 2 heterocycles. The summed E-state index contributed by atoms with van der Waals surface area (Å²) in [5, 5.41) is 14.1. The maximum atomic E-state index is 10.6. The molecule has 6 nitrogen and oxygen atoms in total. The summed E-state index contributed by atoms with van der Waals surface area (Å²) >= 11 is 5.74. The highest BCUT2D eigenvalue weighted by Crippen LogP contribution is 2.27. The summed E-state index contributed by atoms with van der Waals surface area (Å²) in [5.74, 6) is 0.462. The highest BCUT2D eigenvalue weighted by molar-refractivity contribution is 6.29. The molecule has 0 bridgehead atoms. The lowest BCUT2D eigenvalue weighted by molar-refractivity contribution is -0.403. The van der Waals surface area contributed by atoms with Gasteiger partial charge in [-0.15, -0.1) is 0 Å². The first-order valence-corrected chi connectivity index (χ1v) is 5.89. The van der Waals surface area contributed by atoms with Crippen LogP contribution in [-0.4, -0.2) is 22.0 Å². The average Bonchev–Trinajstić information content (AvgIpc) is 2.55. The maximum absolute atomic E-state index is 10.6. The molecule has 0 saturated carbocycles. The molecule has 1 aliphatic rings. The van der Waals surface area contributed by atoms with Gasteiger partial charge in [0.2, 0.25) is 0 Å². The van der Waals surface area contributed by atoms with Gasteiger partial charge in [0, 0.05) is 6.04 Å². The second-order valence-electron chi connectivity index (χ2n) is 4.18. The van der Waals surface area contributed by atoms with E-state index in [2.05, 4.69) is 10.3 Å². The topological polar surface area (TPSA) is 71.3 Å². The van der Waals surface area contributed by atoms with Crippen molar-refractivity contribution in [1.82, 2.24) is 10.3 Å². The third-order valence-corrected chi connectivity index (χ3v) is 3.21. The van der Waals surface area contributed by atoms with Gasteiger partial charge in [0.05, 0.1) is 22.8 Å². The summed E-state index contributed by atoms with van der Waals surface area (Å²) in [6, 6.07) is 3.67. The van der Waals surface area contributed by atoms with Crippen LogP contribution in [0.1, 0.15) is 13.8 Å². The second-order valence-corrected chi connectivity index (χ2v) is 4.57. The Hall–Kier alpha value is -1.82. The molecule has 0 aliphatic carbocycles. The maximum Gasteiger partial charge on any atom is 0.274 e. The minimum absolute atomic E-state index is 0.0965. The smallest absolute Gasteiger partial charge is 0.274 e. The molecule has 0 spiro atoms. The largest absolute Gasteiger partial charge is 0.362 e. The fourth-order valence-corrected chi connectivity index (χ4v) is 2.06. The molecule has 0 unspecified atom stereocenters. The lowest BCUT2D eigenvalue weighted by atomic mass is 10.2. The monoisotopic (exact) mass is 268 g/mol. The molecule has 0 amide bonds. The van der Waals surface area contributed by atoms with Crippen LogP contribution in [0.2, 0.25) is 5.15 Å². The molecule has 18 heavy (non-hydrogen) atoms. The minimum Gasteiger partial charge on any atom is -0.362 e. The summed E-state index contributed by atoms with van der Waals surface area (Å²) in [6.07, 6.45) is 2.57. The van der Waals surface area contributed by atoms with E-state index >= 15 is 0 Å². The Morgan fingerprint density at radius 2 is 2.28 bits per heavy atom. The molecule has 0 aromatic carbocycles. The van der Waals surface area contributed by atoms with Crippen molar-refractivity contribution >= 4 is 17.3 Å². The number of nitrogens with one attached hydrogen (secondary N) is 1. The Balaban J connectivity index is 2.38. The van der Waals surface area contributed by atoms with Crippen molar-refractivity contribution in [3.8, 4) is 0 Å². The molecular formula is C11H13ClN4O2. The number of aromatic nitrogens is 1. The summed E-state index contributed by atoms with van der Waals surface area (Å²) in [4.78, 5) is 16.0. The molecule has 2 atom stereocenters. The number of anilines is 1. The highest BCUT2D eigenvalue weighted by Gasteiger charge is 2.33. The van der Waals surface area contributed by atoms with Crippen LogP contribution in [0.4, 0.5) is 5.69 Å². The summed E-state index contributed by atoms with van der Waals surface area (Å²) in [6.45, 7) is 3.97. The van der Waals surface area contributed by atoms with E-state index in [1.54, 1.807) is 18.3 Å². The number of nitro groups is 1. The average molecular weight is 269 g/mol. The lowest BCUT2D eigenvalue weighted by Gasteiger charge is -2.23. The van der Waals surface area contributed by atoms with Gasteiger partial charge >= 0.3 is 0 Å². The predicted octanol–water partition coefficient (Wildman–Crippen LogP) is 2.00. The highest BCUT2D eigenvalue weighted by atomic mass is 35.5. The molecule has 2 rings (SSSR count). The molecule has 7 heteroatoms. The van der Waals surface area contributed by atoms with E-state index < -0.39 is 4.92 Å². The molecule has 1 aromatic heterocycles. The van der Waals surface area contributed by atoms with Crippen molar-refractivity contribution in [1.29, 1.82) is 0 Å². The Bertz CT molecular complexity index is 488. The summed E-state index contributed by atoms with van der Waals surface area (Å²) < 4.78 is 0. The van der Waals surface area contributed by atoms with Gasteiger partial charge in [0.15, 0.2) is 5.82 Å². The van der Waals surface area contributed by atoms with E-state index in [1.165, 1.54) is 0 Å². The SMILES string of the molecule is C[C@@H]1[C@@H](C)N/C(=C\[N+](=O)[O-])N1c1ccc(Cl)nc1. The fraction of sp³-hybridized carbons (Fsp3) is 0.364. The molecule has 1 aromatic rings. The minimum atomic E-state index is -0.469. The van der Waals surface area contributed by atoms with Crippen LogP contribution in [0.25, 0.3) is 0 Å².